The van der Waals surface area contributed by atoms with Crippen molar-refractivity contribution in [3.8, 4) is 0 Å². The summed E-state index contributed by atoms with van der Waals surface area (Å²) in [6, 6.07) is 2.05. The Balaban J connectivity index is 1.87. The number of methoxy groups -OCH3 is 1. The van der Waals surface area contributed by atoms with Crippen molar-refractivity contribution in [3.63, 3.8) is 0 Å². The molecule has 0 spiro atoms. The summed E-state index contributed by atoms with van der Waals surface area (Å²) in [7, 11) is 1.70. The van der Waals surface area contributed by atoms with E-state index in [4.69, 9.17) is 4.74 Å². The first-order valence-corrected chi connectivity index (χ1v) is 6.87. The molecule has 6 heteroatoms. The molecule has 5 nitrogen and oxygen atoms in total. The lowest BCUT2D eigenvalue weighted by molar-refractivity contribution is 0.199. The number of ether oxygens (including phenoxy) is 1. The molecule has 0 atom stereocenters. The van der Waals surface area contributed by atoms with Crippen LogP contribution in [-0.2, 0) is 17.8 Å². The van der Waals surface area contributed by atoms with Crippen molar-refractivity contribution in [2.75, 3.05) is 20.3 Å². The number of aromatic nitrogens is 3. The molecule has 2 aromatic heterocycles. The summed E-state index contributed by atoms with van der Waals surface area (Å²) in [6.45, 7) is 3.10. The molecule has 19 heavy (non-hydrogen) atoms. The van der Waals surface area contributed by atoms with Crippen molar-refractivity contribution in [1.29, 1.82) is 0 Å². The van der Waals surface area contributed by atoms with Crippen LogP contribution in [0, 0.1) is 0 Å². The van der Waals surface area contributed by atoms with Crippen LogP contribution in [0.1, 0.15) is 11.1 Å². The number of halogens is 1. The lowest BCUT2D eigenvalue weighted by atomic mass is 10.3. The van der Waals surface area contributed by atoms with Gasteiger partial charge in [-0.2, -0.15) is 5.10 Å². The zero-order valence-corrected chi connectivity index (χ0v) is 12.4. The minimum absolute atomic E-state index is 0.720. The Kier molecular flexibility index (Phi) is 5.50. The van der Waals surface area contributed by atoms with Gasteiger partial charge in [-0.1, -0.05) is 0 Å². The minimum Gasteiger partial charge on any atom is -0.383 e. The fourth-order valence-corrected chi connectivity index (χ4v) is 2.13. The minimum atomic E-state index is 0.720. The van der Waals surface area contributed by atoms with Crippen molar-refractivity contribution in [2.24, 2.45) is 0 Å². The Morgan fingerprint density at radius 2 is 2.21 bits per heavy atom. The molecule has 0 aromatic carbocycles. The molecular weight excluding hydrogens is 308 g/mol. The Morgan fingerprint density at radius 3 is 3.00 bits per heavy atom. The Bertz CT molecular complexity index is 515. The van der Waals surface area contributed by atoms with E-state index in [9.17, 15) is 0 Å². The number of hydrogen-bond acceptors (Lipinski definition) is 4. The molecule has 0 aliphatic rings. The molecular formula is C13H17BrN4O. The van der Waals surface area contributed by atoms with Crippen molar-refractivity contribution >= 4 is 15.9 Å². The van der Waals surface area contributed by atoms with Crippen LogP contribution in [-0.4, -0.2) is 35.0 Å². The van der Waals surface area contributed by atoms with E-state index in [0.29, 0.717) is 0 Å². The van der Waals surface area contributed by atoms with E-state index in [2.05, 4.69) is 31.3 Å². The Labute approximate surface area is 121 Å². The van der Waals surface area contributed by atoms with Crippen molar-refractivity contribution in [2.45, 2.75) is 13.1 Å². The van der Waals surface area contributed by atoms with Gasteiger partial charge in [0.15, 0.2) is 0 Å². The molecule has 0 bridgehead atoms. The predicted octanol–water partition coefficient (Wildman–Crippen LogP) is 1.82. The third-order valence-electron chi connectivity index (χ3n) is 2.60. The van der Waals surface area contributed by atoms with E-state index in [1.807, 2.05) is 29.3 Å². The van der Waals surface area contributed by atoms with Crippen LogP contribution >= 0.6 is 15.9 Å². The standard InChI is InChI=1S/C13H17BrN4O/c1-19-3-2-15-6-12-7-17-18(10-12)9-11-4-13(14)8-16-5-11/h4-5,7-8,10,15H,2-3,6,9H2,1H3. The number of hydrogen-bond donors (Lipinski definition) is 1. The highest BCUT2D eigenvalue weighted by Gasteiger charge is 2.00. The van der Waals surface area contributed by atoms with E-state index in [-0.39, 0.29) is 0 Å². The smallest absolute Gasteiger partial charge is 0.0674 e. The summed E-state index contributed by atoms with van der Waals surface area (Å²) in [5.41, 5.74) is 2.29. The normalized spacial score (nSPS) is 10.8. The molecule has 1 N–H and O–H groups in total. The number of pyridine rings is 1. The fraction of sp³-hybridized carbons (Fsp3) is 0.385. The third kappa shape index (κ3) is 4.74. The third-order valence-corrected chi connectivity index (χ3v) is 3.04. The zero-order chi connectivity index (χ0) is 13.5. The van der Waals surface area contributed by atoms with Gasteiger partial charge in [0.05, 0.1) is 19.3 Å². The maximum atomic E-state index is 4.98. The van der Waals surface area contributed by atoms with Gasteiger partial charge in [0.25, 0.3) is 0 Å². The number of nitrogens with one attached hydrogen (secondary N) is 1. The highest BCUT2D eigenvalue weighted by molar-refractivity contribution is 9.10. The molecule has 2 rings (SSSR count). The second-order valence-corrected chi connectivity index (χ2v) is 5.14. The lowest BCUT2D eigenvalue weighted by Gasteiger charge is -2.02. The highest BCUT2D eigenvalue weighted by Crippen LogP contribution is 2.10. The first kappa shape index (κ1) is 14.2. The largest absolute Gasteiger partial charge is 0.383 e. The topological polar surface area (TPSA) is 52.0 Å². The molecule has 0 saturated carbocycles. The van der Waals surface area contributed by atoms with Gasteiger partial charge in [-0.05, 0) is 27.6 Å². The van der Waals surface area contributed by atoms with E-state index >= 15 is 0 Å². The van der Waals surface area contributed by atoms with Gasteiger partial charge < -0.3 is 10.1 Å². The average molecular weight is 325 g/mol. The summed E-state index contributed by atoms with van der Waals surface area (Å²) in [4.78, 5) is 4.14. The molecule has 2 aromatic rings. The second-order valence-electron chi connectivity index (χ2n) is 4.23. The van der Waals surface area contributed by atoms with Gasteiger partial charge in [-0.3, -0.25) is 9.67 Å². The summed E-state index contributed by atoms with van der Waals surface area (Å²) < 4.78 is 7.88. The SMILES string of the molecule is COCCNCc1cnn(Cc2cncc(Br)c2)c1. The summed E-state index contributed by atoms with van der Waals surface area (Å²) in [5, 5.41) is 7.63. The highest BCUT2D eigenvalue weighted by atomic mass is 79.9. The molecule has 0 aliphatic heterocycles. The monoisotopic (exact) mass is 324 g/mol. The van der Waals surface area contributed by atoms with Crippen molar-refractivity contribution in [3.05, 3.63) is 46.5 Å². The first-order valence-electron chi connectivity index (χ1n) is 6.08. The number of nitrogens with zero attached hydrogens (tertiary/aromatic N) is 3. The van der Waals surface area contributed by atoms with Crippen molar-refractivity contribution in [1.82, 2.24) is 20.1 Å². The van der Waals surface area contributed by atoms with E-state index < -0.39 is 0 Å². The van der Waals surface area contributed by atoms with Gasteiger partial charge >= 0.3 is 0 Å². The Hall–Kier alpha value is -1.24. The summed E-state index contributed by atoms with van der Waals surface area (Å²) >= 11 is 3.42. The van der Waals surface area contributed by atoms with Gasteiger partial charge in [0.2, 0.25) is 0 Å². The molecule has 0 aliphatic carbocycles. The quantitative estimate of drug-likeness (QED) is 0.789. The van der Waals surface area contributed by atoms with Crippen LogP contribution in [0.15, 0.2) is 35.3 Å². The van der Waals surface area contributed by atoms with Gasteiger partial charge in [-0.25, -0.2) is 0 Å². The zero-order valence-electron chi connectivity index (χ0n) is 10.8. The van der Waals surface area contributed by atoms with Crippen LogP contribution in [0.3, 0.4) is 0 Å². The maximum Gasteiger partial charge on any atom is 0.0674 e. The van der Waals surface area contributed by atoms with E-state index in [0.717, 1.165) is 36.3 Å². The fourth-order valence-electron chi connectivity index (χ4n) is 1.72. The molecule has 0 fully saturated rings. The molecule has 2 heterocycles. The predicted molar refractivity (Wildman–Crippen MR) is 76.8 cm³/mol. The lowest BCUT2D eigenvalue weighted by Crippen LogP contribution is -2.18. The van der Waals surface area contributed by atoms with Crippen LogP contribution in [0.5, 0.6) is 0 Å². The molecule has 0 saturated heterocycles. The molecule has 102 valence electrons. The average Bonchev–Trinajstić information content (AvgIpc) is 2.82. The summed E-state index contributed by atoms with van der Waals surface area (Å²) in [6.07, 6.45) is 7.55. The maximum absolute atomic E-state index is 4.98. The van der Waals surface area contributed by atoms with Crippen LogP contribution in [0.4, 0.5) is 0 Å². The van der Waals surface area contributed by atoms with Crippen LogP contribution < -0.4 is 5.32 Å². The Morgan fingerprint density at radius 1 is 1.32 bits per heavy atom. The van der Waals surface area contributed by atoms with Crippen LogP contribution in [0.2, 0.25) is 0 Å². The molecule has 0 amide bonds. The second kappa shape index (κ2) is 7.37. The summed E-state index contributed by atoms with van der Waals surface area (Å²) in [5.74, 6) is 0. The molecule has 0 radical (unpaired) electrons. The van der Waals surface area contributed by atoms with Gasteiger partial charge in [0, 0.05) is 48.8 Å². The molecule has 0 unspecified atom stereocenters. The van der Waals surface area contributed by atoms with Crippen molar-refractivity contribution < 1.29 is 4.74 Å². The first-order chi connectivity index (χ1) is 9.28. The van der Waals surface area contributed by atoms with Crippen LogP contribution in [0.25, 0.3) is 0 Å². The van der Waals surface area contributed by atoms with Gasteiger partial charge in [-0.15, -0.1) is 0 Å². The number of rotatable bonds is 7. The van der Waals surface area contributed by atoms with E-state index in [1.54, 1.807) is 13.3 Å². The van der Waals surface area contributed by atoms with Gasteiger partial charge in [0.1, 0.15) is 0 Å². The van der Waals surface area contributed by atoms with E-state index in [1.165, 1.54) is 5.56 Å².